The highest BCUT2D eigenvalue weighted by Gasteiger charge is 2.08. The van der Waals surface area contributed by atoms with Gasteiger partial charge in [-0.2, -0.15) is 0 Å². The van der Waals surface area contributed by atoms with Crippen LogP contribution in [-0.2, 0) is 4.79 Å². The summed E-state index contributed by atoms with van der Waals surface area (Å²) < 4.78 is 18.5. The van der Waals surface area contributed by atoms with E-state index in [-0.39, 0.29) is 17.5 Å². The average Bonchev–Trinajstić information content (AvgIpc) is 3.21. The number of unbranched alkanes of at least 4 members (excludes halogenated alkanes) is 2. The molecular formula is C20H22FN5O2S. The van der Waals surface area contributed by atoms with Gasteiger partial charge in [-0.15, -0.1) is 5.10 Å². The lowest BCUT2D eigenvalue weighted by molar-refractivity contribution is -0.118. The lowest BCUT2D eigenvalue weighted by Crippen LogP contribution is -2.26. The van der Waals surface area contributed by atoms with E-state index >= 15 is 0 Å². The molecule has 0 spiro atoms. The Hall–Kier alpha value is -2.94. The molecule has 1 amide bonds. The lowest BCUT2D eigenvalue weighted by atomic mass is 10.2. The van der Waals surface area contributed by atoms with Gasteiger partial charge in [0.15, 0.2) is 5.82 Å². The molecule has 152 valence electrons. The van der Waals surface area contributed by atoms with Crippen molar-refractivity contribution in [2.45, 2.75) is 24.4 Å². The minimum absolute atomic E-state index is 0.0567. The van der Waals surface area contributed by atoms with Crippen molar-refractivity contribution < 1.29 is 13.9 Å². The van der Waals surface area contributed by atoms with Crippen molar-refractivity contribution in [1.29, 1.82) is 0 Å². The van der Waals surface area contributed by atoms with E-state index in [0.717, 1.165) is 24.8 Å². The molecular weight excluding hydrogens is 393 g/mol. The van der Waals surface area contributed by atoms with Gasteiger partial charge in [-0.3, -0.25) is 14.9 Å². The topological polar surface area (TPSA) is 92.8 Å². The summed E-state index contributed by atoms with van der Waals surface area (Å²) in [5, 5.41) is 10.4. The number of benzene rings is 1. The standard InChI is InChI=1S/C20H22FN5O2S/c21-16-7-4-8-17(12-16)28-11-3-1-2-10-23-18(27)14-29-20-24-19(25-26-20)15-6-5-9-22-13-15/h4-9,12-13H,1-3,10-11,14H2,(H,23,27)(H,24,25,26). The summed E-state index contributed by atoms with van der Waals surface area (Å²) in [5.41, 5.74) is 0.845. The average molecular weight is 415 g/mol. The zero-order chi connectivity index (χ0) is 20.3. The number of aromatic nitrogens is 4. The molecule has 0 saturated carbocycles. The number of halogens is 1. The highest BCUT2D eigenvalue weighted by atomic mass is 32.2. The van der Waals surface area contributed by atoms with Gasteiger partial charge < -0.3 is 10.1 Å². The highest BCUT2D eigenvalue weighted by Crippen LogP contribution is 2.18. The third-order valence-electron chi connectivity index (χ3n) is 3.94. The minimum atomic E-state index is -0.304. The van der Waals surface area contributed by atoms with Crippen LogP contribution in [0.5, 0.6) is 5.75 Å². The van der Waals surface area contributed by atoms with E-state index in [1.807, 2.05) is 12.1 Å². The first-order valence-corrected chi connectivity index (χ1v) is 10.3. The molecule has 0 aliphatic heterocycles. The van der Waals surface area contributed by atoms with Crippen molar-refractivity contribution in [1.82, 2.24) is 25.5 Å². The number of nitrogens with one attached hydrogen (secondary N) is 2. The molecule has 2 heterocycles. The predicted molar refractivity (Wildman–Crippen MR) is 109 cm³/mol. The molecule has 0 saturated heterocycles. The van der Waals surface area contributed by atoms with Crippen molar-refractivity contribution in [2.75, 3.05) is 18.9 Å². The van der Waals surface area contributed by atoms with E-state index in [1.54, 1.807) is 24.5 Å². The largest absolute Gasteiger partial charge is 0.493 e. The third-order valence-corrected chi connectivity index (χ3v) is 4.79. The van der Waals surface area contributed by atoms with Crippen LogP contribution in [0, 0.1) is 5.82 Å². The van der Waals surface area contributed by atoms with Crippen molar-refractivity contribution in [3.05, 3.63) is 54.6 Å². The quantitative estimate of drug-likeness (QED) is 0.368. The molecule has 0 radical (unpaired) electrons. The number of thioether (sulfide) groups is 1. The molecule has 0 atom stereocenters. The first kappa shape index (κ1) is 20.8. The number of aromatic amines is 1. The molecule has 29 heavy (non-hydrogen) atoms. The van der Waals surface area contributed by atoms with Crippen LogP contribution in [0.3, 0.4) is 0 Å². The van der Waals surface area contributed by atoms with Gasteiger partial charge in [0.2, 0.25) is 11.1 Å². The van der Waals surface area contributed by atoms with Crippen LogP contribution in [0.2, 0.25) is 0 Å². The SMILES string of the molecule is O=C(CSc1n[nH]c(-c2cccnc2)n1)NCCCCCOc1cccc(F)c1. The van der Waals surface area contributed by atoms with Crippen LogP contribution in [0.1, 0.15) is 19.3 Å². The molecule has 7 nitrogen and oxygen atoms in total. The number of H-pyrrole nitrogens is 1. The third kappa shape index (κ3) is 7.19. The van der Waals surface area contributed by atoms with Gasteiger partial charge in [0, 0.05) is 30.6 Å². The Morgan fingerprint density at radius 3 is 2.97 bits per heavy atom. The van der Waals surface area contributed by atoms with Crippen LogP contribution < -0.4 is 10.1 Å². The van der Waals surface area contributed by atoms with E-state index in [1.165, 1.54) is 23.9 Å². The molecule has 2 aromatic heterocycles. The van der Waals surface area contributed by atoms with E-state index in [0.29, 0.717) is 29.9 Å². The van der Waals surface area contributed by atoms with Gasteiger partial charge in [0.1, 0.15) is 11.6 Å². The Morgan fingerprint density at radius 1 is 1.21 bits per heavy atom. The van der Waals surface area contributed by atoms with Crippen molar-refractivity contribution >= 4 is 17.7 Å². The Kier molecular flexibility index (Phi) is 8.00. The van der Waals surface area contributed by atoms with Gasteiger partial charge >= 0.3 is 0 Å². The number of rotatable bonds is 11. The molecule has 3 aromatic rings. The summed E-state index contributed by atoms with van der Waals surface area (Å²) in [6.45, 7) is 1.13. The Bertz CT molecular complexity index is 907. The van der Waals surface area contributed by atoms with Crippen molar-refractivity contribution in [3.63, 3.8) is 0 Å². The van der Waals surface area contributed by atoms with Crippen molar-refractivity contribution in [2.24, 2.45) is 0 Å². The maximum absolute atomic E-state index is 13.0. The molecule has 0 bridgehead atoms. The van der Waals surface area contributed by atoms with E-state index in [2.05, 4.69) is 25.5 Å². The van der Waals surface area contributed by atoms with E-state index in [4.69, 9.17) is 4.74 Å². The fraction of sp³-hybridized carbons (Fsp3) is 0.300. The Balaban J connectivity index is 1.25. The highest BCUT2D eigenvalue weighted by molar-refractivity contribution is 7.99. The molecule has 3 rings (SSSR count). The van der Waals surface area contributed by atoms with E-state index in [9.17, 15) is 9.18 Å². The number of pyridine rings is 1. The zero-order valence-electron chi connectivity index (χ0n) is 15.8. The molecule has 0 unspecified atom stereocenters. The van der Waals surface area contributed by atoms with Crippen LogP contribution in [0.4, 0.5) is 4.39 Å². The summed E-state index contributed by atoms with van der Waals surface area (Å²) in [6, 6.07) is 9.82. The number of ether oxygens (including phenoxy) is 1. The maximum Gasteiger partial charge on any atom is 0.230 e. The van der Waals surface area contributed by atoms with Crippen LogP contribution in [0.15, 0.2) is 53.9 Å². The number of amides is 1. The van der Waals surface area contributed by atoms with Gasteiger partial charge in [-0.25, -0.2) is 9.37 Å². The lowest BCUT2D eigenvalue weighted by Gasteiger charge is -2.07. The predicted octanol–water partition coefficient (Wildman–Crippen LogP) is 3.46. The van der Waals surface area contributed by atoms with Gasteiger partial charge in [0.25, 0.3) is 0 Å². The first-order chi connectivity index (χ1) is 14.2. The normalized spacial score (nSPS) is 10.7. The second-order valence-electron chi connectivity index (χ2n) is 6.21. The van der Waals surface area contributed by atoms with Crippen LogP contribution in [-0.4, -0.2) is 45.0 Å². The van der Waals surface area contributed by atoms with Crippen LogP contribution in [0.25, 0.3) is 11.4 Å². The summed E-state index contributed by atoms with van der Waals surface area (Å²) in [4.78, 5) is 20.3. The summed E-state index contributed by atoms with van der Waals surface area (Å²) in [5.74, 6) is 1.06. The van der Waals surface area contributed by atoms with Gasteiger partial charge in [-0.1, -0.05) is 17.8 Å². The number of carbonyl (C=O) groups excluding carboxylic acids is 1. The first-order valence-electron chi connectivity index (χ1n) is 9.31. The monoisotopic (exact) mass is 415 g/mol. The van der Waals surface area contributed by atoms with E-state index < -0.39 is 0 Å². The van der Waals surface area contributed by atoms with Gasteiger partial charge in [-0.05, 0) is 43.5 Å². The van der Waals surface area contributed by atoms with Crippen LogP contribution >= 0.6 is 11.8 Å². The number of hydrogen-bond donors (Lipinski definition) is 2. The minimum Gasteiger partial charge on any atom is -0.493 e. The smallest absolute Gasteiger partial charge is 0.230 e. The Labute approximate surface area is 172 Å². The molecule has 0 fully saturated rings. The maximum atomic E-state index is 13.0. The van der Waals surface area contributed by atoms with Crippen molar-refractivity contribution in [3.8, 4) is 17.1 Å². The molecule has 0 aliphatic rings. The van der Waals surface area contributed by atoms with Gasteiger partial charge in [0.05, 0.1) is 12.4 Å². The summed E-state index contributed by atoms with van der Waals surface area (Å²) in [7, 11) is 0. The molecule has 9 heteroatoms. The summed E-state index contributed by atoms with van der Waals surface area (Å²) >= 11 is 1.28. The Morgan fingerprint density at radius 2 is 2.14 bits per heavy atom. The number of hydrogen-bond acceptors (Lipinski definition) is 6. The molecule has 1 aromatic carbocycles. The molecule has 0 aliphatic carbocycles. The second kappa shape index (κ2) is 11.2. The number of nitrogens with zero attached hydrogens (tertiary/aromatic N) is 3. The fourth-order valence-electron chi connectivity index (χ4n) is 2.50. The fourth-order valence-corrected chi connectivity index (χ4v) is 3.13. The summed E-state index contributed by atoms with van der Waals surface area (Å²) in [6.07, 6.45) is 6.00. The second-order valence-corrected chi connectivity index (χ2v) is 7.16. The molecule has 2 N–H and O–H groups in total. The number of carbonyl (C=O) groups is 1. The zero-order valence-corrected chi connectivity index (χ0v) is 16.6.